The van der Waals surface area contributed by atoms with Crippen LogP contribution in [0.3, 0.4) is 0 Å². The van der Waals surface area contributed by atoms with E-state index in [1.54, 1.807) is 0 Å². The number of phenols is 1. The van der Waals surface area contributed by atoms with Crippen LogP contribution in [-0.2, 0) is 6.42 Å². The second kappa shape index (κ2) is 16.7. The maximum Gasteiger partial charge on any atom is 0.323 e. The summed E-state index contributed by atoms with van der Waals surface area (Å²) in [4.78, 5) is 29.4. The van der Waals surface area contributed by atoms with Gasteiger partial charge in [0.1, 0.15) is 11.3 Å². The number of hydrogen-bond acceptors (Lipinski definition) is 3. The minimum absolute atomic E-state index is 0.0756. The van der Waals surface area contributed by atoms with Gasteiger partial charge in [-0.05, 0) is 42.7 Å². The molecule has 0 unspecified atom stereocenters. The number of nitrogens with one attached hydrogen (secondary N) is 3. The van der Waals surface area contributed by atoms with Crippen molar-refractivity contribution in [3.8, 4) is 5.75 Å². The summed E-state index contributed by atoms with van der Waals surface area (Å²) in [6.45, 7) is 2.28. The predicted octanol–water partition coefficient (Wildman–Crippen LogP) is 8.62. The summed E-state index contributed by atoms with van der Waals surface area (Å²) in [6, 6.07) is 10.9. The molecule has 4 N–H and O–H groups in total. The molecule has 3 aromatic rings. The molecule has 208 valence electrons. The first kappa shape index (κ1) is 29.5. The van der Waals surface area contributed by atoms with Gasteiger partial charge in [-0.1, -0.05) is 115 Å². The number of phenolic OH excluding ortho intramolecular Hbond substituents is 1. The molecule has 0 aliphatic heterocycles. The van der Waals surface area contributed by atoms with Gasteiger partial charge in [-0.25, -0.2) is 4.79 Å². The normalized spacial score (nSPS) is 11.3. The van der Waals surface area contributed by atoms with Crippen LogP contribution in [-0.4, -0.2) is 21.0 Å². The Labute approximate surface area is 227 Å². The topological polar surface area (TPSA) is 98.0 Å². The fourth-order valence-electron chi connectivity index (χ4n) is 5.13. The Bertz CT molecular complexity index is 1150. The van der Waals surface area contributed by atoms with Gasteiger partial charge in [0.25, 0.3) is 5.91 Å². The van der Waals surface area contributed by atoms with Crippen LogP contribution < -0.4 is 11.0 Å². The lowest BCUT2D eigenvalue weighted by atomic mass is 10.0. The second-order valence-electron chi connectivity index (χ2n) is 10.7. The van der Waals surface area contributed by atoms with Crippen molar-refractivity contribution < 1.29 is 9.90 Å². The summed E-state index contributed by atoms with van der Waals surface area (Å²) in [5, 5.41) is 12.8. The van der Waals surface area contributed by atoms with Crippen LogP contribution in [0.2, 0.25) is 0 Å². The number of benzene rings is 2. The molecular weight excluding hydrogens is 474 g/mol. The van der Waals surface area contributed by atoms with Gasteiger partial charge < -0.3 is 20.4 Å². The molecule has 0 aliphatic rings. The van der Waals surface area contributed by atoms with Crippen LogP contribution in [0.4, 0.5) is 5.69 Å². The summed E-state index contributed by atoms with van der Waals surface area (Å²) in [5.41, 5.74) is 2.34. The highest BCUT2D eigenvalue weighted by atomic mass is 16.3. The van der Waals surface area contributed by atoms with Crippen LogP contribution in [0.25, 0.3) is 11.0 Å². The fraction of sp³-hybridized carbons (Fsp3) is 0.562. The van der Waals surface area contributed by atoms with Gasteiger partial charge in [0, 0.05) is 5.69 Å². The first-order chi connectivity index (χ1) is 18.6. The van der Waals surface area contributed by atoms with E-state index in [2.05, 4.69) is 34.3 Å². The van der Waals surface area contributed by atoms with Gasteiger partial charge in [0.15, 0.2) is 0 Å². The Hall–Kier alpha value is -3.02. The van der Waals surface area contributed by atoms with Crippen molar-refractivity contribution in [2.24, 2.45) is 0 Å². The van der Waals surface area contributed by atoms with E-state index in [0.29, 0.717) is 16.8 Å². The molecule has 1 amide bonds. The largest absolute Gasteiger partial charge is 0.506 e. The van der Waals surface area contributed by atoms with Crippen LogP contribution in [0.1, 0.15) is 126 Å². The van der Waals surface area contributed by atoms with Crippen molar-refractivity contribution in [2.45, 2.75) is 116 Å². The van der Waals surface area contributed by atoms with Crippen molar-refractivity contribution >= 4 is 22.6 Å². The number of anilines is 1. The molecule has 0 radical (unpaired) electrons. The minimum atomic E-state index is -0.464. The number of amides is 1. The molecule has 6 nitrogen and oxygen atoms in total. The van der Waals surface area contributed by atoms with Crippen LogP contribution in [0.15, 0.2) is 41.2 Å². The summed E-state index contributed by atoms with van der Waals surface area (Å²) >= 11 is 0. The summed E-state index contributed by atoms with van der Waals surface area (Å²) in [7, 11) is 0. The van der Waals surface area contributed by atoms with Gasteiger partial charge in [-0.15, -0.1) is 0 Å². The number of fused-ring (bicyclic) bond motifs is 1. The number of carbonyl (C=O) groups is 1. The number of aryl methyl sites for hydroxylation is 1. The summed E-state index contributed by atoms with van der Waals surface area (Å²) in [6.07, 6.45) is 23.1. The number of aromatic nitrogens is 2. The molecule has 0 bridgehead atoms. The Morgan fingerprint density at radius 1 is 0.684 bits per heavy atom. The maximum absolute atomic E-state index is 12.7. The average molecular weight is 522 g/mol. The zero-order chi connectivity index (χ0) is 27.0. The van der Waals surface area contributed by atoms with Crippen molar-refractivity contribution in [3.05, 3.63) is 58.0 Å². The number of unbranched alkanes of at least 4 members (excludes halogenated alkanes) is 15. The third-order valence-corrected chi connectivity index (χ3v) is 7.44. The average Bonchev–Trinajstić information content (AvgIpc) is 3.31. The molecule has 6 heteroatoms. The highest BCUT2D eigenvalue weighted by Crippen LogP contribution is 2.24. The lowest BCUT2D eigenvalue weighted by Crippen LogP contribution is -2.12. The smallest absolute Gasteiger partial charge is 0.323 e. The lowest BCUT2D eigenvalue weighted by molar-refractivity contribution is 0.102. The summed E-state index contributed by atoms with van der Waals surface area (Å²) < 4.78 is 0. The third kappa shape index (κ3) is 10.0. The van der Waals surface area contributed by atoms with E-state index in [1.807, 2.05) is 12.1 Å². The van der Waals surface area contributed by atoms with E-state index in [-0.39, 0.29) is 17.2 Å². The Kier molecular flexibility index (Phi) is 13.0. The minimum Gasteiger partial charge on any atom is -0.506 e. The monoisotopic (exact) mass is 521 g/mol. The maximum atomic E-state index is 12.7. The van der Waals surface area contributed by atoms with E-state index in [1.165, 1.54) is 120 Å². The quantitative estimate of drug-likeness (QED) is 0.119. The zero-order valence-corrected chi connectivity index (χ0v) is 23.2. The van der Waals surface area contributed by atoms with Gasteiger partial charge in [-0.2, -0.15) is 0 Å². The standard InChI is InChI=1S/C32H47N3O3/c1-2-3-4-5-6-7-8-9-10-11-12-13-14-15-16-17-18-25-19-21-26(22-20-25)33-31(37)27-23-24-28(36)30-29(27)34-32(38)35-30/h19-24,36H,2-18H2,1H3,(H,33,37)(H2,34,35,38). The number of H-pyrrole nitrogens is 2. The molecular formula is C32H47N3O3. The molecule has 38 heavy (non-hydrogen) atoms. The van der Waals surface area contributed by atoms with Crippen LogP contribution >= 0.6 is 0 Å². The first-order valence-corrected chi connectivity index (χ1v) is 14.9. The van der Waals surface area contributed by atoms with Crippen molar-refractivity contribution in [1.82, 2.24) is 9.97 Å². The van der Waals surface area contributed by atoms with Crippen molar-refractivity contribution in [2.75, 3.05) is 5.32 Å². The molecule has 0 saturated carbocycles. The van der Waals surface area contributed by atoms with E-state index < -0.39 is 5.69 Å². The Morgan fingerprint density at radius 3 is 1.74 bits per heavy atom. The van der Waals surface area contributed by atoms with Gasteiger partial charge >= 0.3 is 5.69 Å². The molecule has 0 spiro atoms. The van der Waals surface area contributed by atoms with Crippen molar-refractivity contribution in [3.63, 3.8) is 0 Å². The van der Waals surface area contributed by atoms with E-state index >= 15 is 0 Å². The van der Waals surface area contributed by atoms with E-state index in [0.717, 1.165) is 6.42 Å². The highest BCUT2D eigenvalue weighted by Gasteiger charge is 2.15. The predicted molar refractivity (Wildman–Crippen MR) is 158 cm³/mol. The Balaban J connectivity index is 1.23. The zero-order valence-electron chi connectivity index (χ0n) is 23.2. The molecule has 0 atom stereocenters. The first-order valence-electron chi connectivity index (χ1n) is 14.9. The number of aromatic amines is 2. The van der Waals surface area contributed by atoms with Crippen LogP contribution in [0, 0.1) is 0 Å². The van der Waals surface area contributed by atoms with E-state index in [4.69, 9.17) is 0 Å². The molecule has 3 rings (SSSR count). The number of aromatic hydroxyl groups is 1. The molecule has 0 saturated heterocycles. The molecule has 1 heterocycles. The molecule has 0 aliphatic carbocycles. The summed E-state index contributed by atoms with van der Waals surface area (Å²) in [5.74, 6) is -0.413. The van der Waals surface area contributed by atoms with Crippen molar-refractivity contribution in [1.29, 1.82) is 0 Å². The van der Waals surface area contributed by atoms with Gasteiger partial charge in [0.2, 0.25) is 0 Å². The SMILES string of the molecule is CCCCCCCCCCCCCCCCCCc1ccc(NC(=O)c2ccc(O)c3[nH]c(=O)[nH]c23)cc1. The number of imidazole rings is 1. The second-order valence-corrected chi connectivity index (χ2v) is 10.7. The number of carbonyl (C=O) groups excluding carboxylic acids is 1. The van der Waals surface area contributed by atoms with Gasteiger partial charge in [0.05, 0.1) is 11.1 Å². The lowest BCUT2D eigenvalue weighted by Gasteiger charge is -2.08. The highest BCUT2D eigenvalue weighted by molar-refractivity contribution is 6.12. The molecule has 1 aromatic heterocycles. The molecule has 2 aromatic carbocycles. The Morgan fingerprint density at radius 2 is 1.18 bits per heavy atom. The fourth-order valence-corrected chi connectivity index (χ4v) is 5.13. The van der Waals surface area contributed by atoms with Crippen LogP contribution in [0.5, 0.6) is 5.75 Å². The third-order valence-electron chi connectivity index (χ3n) is 7.44. The number of hydrogen-bond donors (Lipinski definition) is 4. The molecule has 0 fully saturated rings. The van der Waals surface area contributed by atoms with Gasteiger partial charge in [-0.3, -0.25) is 4.79 Å². The van der Waals surface area contributed by atoms with E-state index in [9.17, 15) is 14.7 Å². The number of rotatable bonds is 19.